The maximum Gasteiger partial charge on any atom is 0.408 e. The van der Waals surface area contributed by atoms with Crippen LogP contribution in [-0.2, 0) is 35.2 Å². The van der Waals surface area contributed by atoms with E-state index in [-0.39, 0.29) is 19.4 Å². The van der Waals surface area contributed by atoms with Crippen molar-refractivity contribution in [3.63, 3.8) is 0 Å². The molecular formula is C24H36N2O7. The molecule has 0 saturated heterocycles. The summed E-state index contributed by atoms with van der Waals surface area (Å²) in [7, 11) is 0. The molecule has 0 bridgehead atoms. The van der Waals surface area contributed by atoms with Gasteiger partial charge in [-0.15, -0.1) is 0 Å². The highest BCUT2D eigenvalue weighted by Crippen LogP contribution is 2.14. The van der Waals surface area contributed by atoms with E-state index in [1.165, 1.54) is 6.92 Å². The molecule has 0 aromatic heterocycles. The minimum absolute atomic E-state index is 0.0132. The van der Waals surface area contributed by atoms with Crippen molar-refractivity contribution in [1.82, 2.24) is 10.6 Å². The topological polar surface area (TPSA) is 120 Å². The lowest BCUT2D eigenvalue weighted by atomic mass is 10.1. The van der Waals surface area contributed by atoms with Crippen molar-refractivity contribution >= 4 is 23.9 Å². The van der Waals surface area contributed by atoms with Gasteiger partial charge in [0.05, 0.1) is 0 Å². The van der Waals surface area contributed by atoms with E-state index < -0.39 is 47.2 Å². The third-order valence-corrected chi connectivity index (χ3v) is 4.01. The van der Waals surface area contributed by atoms with Gasteiger partial charge in [0, 0.05) is 6.42 Å². The van der Waals surface area contributed by atoms with Gasteiger partial charge in [0.15, 0.2) is 0 Å². The van der Waals surface area contributed by atoms with Crippen LogP contribution >= 0.6 is 0 Å². The SMILES string of the molecule is C[C@H](NC(=O)OCc1ccccc1)C(=O)N[C@@H](CCC(=O)OC(C)(C)C)C(=O)OC(C)(C)C. The average Bonchev–Trinajstić information content (AvgIpc) is 2.67. The molecule has 1 rings (SSSR count). The fourth-order valence-corrected chi connectivity index (χ4v) is 2.58. The summed E-state index contributed by atoms with van der Waals surface area (Å²) >= 11 is 0. The largest absolute Gasteiger partial charge is 0.460 e. The van der Waals surface area contributed by atoms with Crippen LogP contribution in [0, 0.1) is 0 Å². The number of carbonyl (C=O) groups excluding carboxylic acids is 4. The zero-order valence-electron chi connectivity index (χ0n) is 20.5. The maximum atomic E-state index is 12.6. The van der Waals surface area contributed by atoms with Gasteiger partial charge in [0.1, 0.15) is 29.9 Å². The van der Waals surface area contributed by atoms with Gasteiger partial charge in [-0.1, -0.05) is 30.3 Å². The molecule has 0 unspecified atom stereocenters. The van der Waals surface area contributed by atoms with Gasteiger partial charge in [0.25, 0.3) is 0 Å². The lowest BCUT2D eigenvalue weighted by molar-refractivity contribution is -0.160. The molecule has 1 aromatic rings. The van der Waals surface area contributed by atoms with E-state index in [0.29, 0.717) is 0 Å². The number of nitrogens with one attached hydrogen (secondary N) is 2. The first-order valence-electron chi connectivity index (χ1n) is 10.9. The number of ether oxygens (including phenoxy) is 3. The molecule has 0 fully saturated rings. The number of alkyl carbamates (subject to hydrolysis) is 1. The van der Waals surface area contributed by atoms with Crippen LogP contribution in [0.4, 0.5) is 4.79 Å². The molecule has 9 heteroatoms. The summed E-state index contributed by atoms with van der Waals surface area (Å²) in [5.74, 6) is -1.80. The standard InChI is InChI=1S/C24H36N2O7/c1-16(25-22(30)31-15-17-11-9-8-10-12-17)20(28)26-18(21(29)33-24(5,6)7)13-14-19(27)32-23(2,3)4/h8-12,16,18H,13-15H2,1-7H3,(H,25,30)(H,26,28)/t16-,18-/m0/s1. The third kappa shape index (κ3) is 12.5. The first kappa shape index (κ1) is 27.9. The van der Waals surface area contributed by atoms with Gasteiger partial charge in [-0.2, -0.15) is 0 Å². The molecule has 0 saturated carbocycles. The van der Waals surface area contributed by atoms with Crippen LogP contribution in [0.1, 0.15) is 66.9 Å². The Bertz CT molecular complexity index is 810. The number of hydrogen-bond donors (Lipinski definition) is 2. The summed E-state index contributed by atoms with van der Waals surface area (Å²) in [6.45, 7) is 11.8. The van der Waals surface area contributed by atoms with E-state index in [0.717, 1.165) is 5.56 Å². The molecule has 2 N–H and O–H groups in total. The number of hydrogen-bond acceptors (Lipinski definition) is 7. The van der Waals surface area contributed by atoms with Crippen molar-refractivity contribution < 1.29 is 33.4 Å². The summed E-state index contributed by atoms with van der Waals surface area (Å²) in [6, 6.07) is 7.02. The summed E-state index contributed by atoms with van der Waals surface area (Å²) in [5, 5.41) is 4.97. The Kier molecular flexibility index (Phi) is 10.3. The second-order valence-corrected chi connectivity index (χ2v) is 9.65. The predicted molar refractivity (Wildman–Crippen MR) is 122 cm³/mol. The summed E-state index contributed by atoms with van der Waals surface area (Å²) in [5.41, 5.74) is -0.644. The molecule has 33 heavy (non-hydrogen) atoms. The van der Waals surface area contributed by atoms with E-state index in [9.17, 15) is 19.2 Å². The Balaban J connectivity index is 2.68. The predicted octanol–water partition coefficient (Wildman–Crippen LogP) is 3.25. The number of benzene rings is 1. The molecule has 0 aliphatic rings. The van der Waals surface area contributed by atoms with Gasteiger partial charge >= 0.3 is 18.0 Å². The Hall–Kier alpha value is -3.10. The van der Waals surface area contributed by atoms with Crippen molar-refractivity contribution in [3.05, 3.63) is 35.9 Å². The monoisotopic (exact) mass is 464 g/mol. The molecule has 9 nitrogen and oxygen atoms in total. The van der Waals surface area contributed by atoms with Crippen LogP contribution in [0.25, 0.3) is 0 Å². The Morgan fingerprint density at radius 1 is 0.879 bits per heavy atom. The van der Waals surface area contributed by atoms with Crippen LogP contribution in [0.2, 0.25) is 0 Å². The van der Waals surface area contributed by atoms with Gasteiger partial charge in [-0.25, -0.2) is 9.59 Å². The number of rotatable bonds is 9. The molecular weight excluding hydrogens is 428 g/mol. The molecule has 0 aliphatic carbocycles. The minimum atomic E-state index is -1.09. The average molecular weight is 465 g/mol. The van der Waals surface area contributed by atoms with Gasteiger partial charge in [-0.05, 0) is 60.5 Å². The van der Waals surface area contributed by atoms with E-state index in [4.69, 9.17) is 14.2 Å². The Morgan fingerprint density at radius 3 is 2.00 bits per heavy atom. The van der Waals surface area contributed by atoms with Gasteiger partial charge < -0.3 is 24.8 Å². The Labute approximate surface area is 195 Å². The molecule has 184 valence electrons. The lowest BCUT2D eigenvalue weighted by Crippen LogP contribution is -2.51. The second kappa shape index (κ2) is 12.2. The molecule has 0 aliphatic heterocycles. The fraction of sp³-hybridized carbons (Fsp3) is 0.583. The highest BCUT2D eigenvalue weighted by molar-refractivity contribution is 5.89. The van der Waals surface area contributed by atoms with E-state index >= 15 is 0 Å². The van der Waals surface area contributed by atoms with Crippen LogP contribution in [0.5, 0.6) is 0 Å². The van der Waals surface area contributed by atoms with Crippen molar-refractivity contribution in [2.75, 3.05) is 0 Å². The summed E-state index contributed by atoms with van der Waals surface area (Å²) < 4.78 is 15.7. The van der Waals surface area contributed by atoms with Crippen molar-refractivity contribution in [2.45, 2.75) is 91.2 Å². The molecule has 1 aromatic carbocycles. The molecule has 2 atom stereocenters. The highest BCUT2D eigenvalue weighted by Gasteiger charge is 2.30. The van der Waals surface area contributed by atoms with Crippen molar-refractivity contribution in [2.24, 2.45) is 0 Å². The molecule has 0 radical (unpaired) electrons. The van der Waals surface area contributed by atoms with Crippen LogP contribution in [-0.4, -0.2) is 47.2 Å². The van der Waals surface area contributed by atoms with E-state index in [2.05, 4.69) is 10.6 Å². The fourth-order valence-electron chi connectivity index (χ4n) is 2.58. The number of carbonyl (C=O) groups is 4. The van der Waals surface area contributed by atoms with Crippen LogP contribution in [0.3, 0.4) is 0 Å². The van der Waals surface area contributed by atoms with E-state index in [1.54, 1.807) is 53.7 Å². The smallest absolute Gasteiger partial charge is 0.408 e. The Morgan fingerprint density at radius 2 is 1.45 bits per heavy atom. The zero-order valence-corrected chi connectivity index (χ0v) is 20.5. The molecule has 0 heterocycles. The van der Waals surface area contributed by atoms with Gasteiger partial charge in [-0.3, -0.25) is 9.59 Å². The van der Waals surface area contributed by atoms with Gasteiger partial charge in [0.2, 0.25) is 5.91 Å². The normalized spacial score (nSPS) is 13.3. The van der Waals surface area contributed by atoms with Crippen molar-refractivity contribution in [3.8, 4) is 0 Å². The first-order chi connectivity index (χ1) is 15.2. The summed E-state index contributed by atoms with van der Waals surface area (Å²) in [4.78, 5) is 49.3. The molecule has 2 amide bonds. The number of esters is 2. The maximum absolute atomic E-state index is 12.6. The summed E-state index contributed by atoms with van der Waals surface area (Å²) in [6.07, 6.45) is -0.882. The van der Waals surface area contributed by atoms with E-state index in [1.807, 2.05) is 18.2 Å². The number of amides is 2. The van der Waals surface area contributed by atoms with Crippen molar-refractivity contribution in [1.29, 1.82) is 0 Å². The second-order valence-electron chi connectivity index (χ2n) is 9.65. The van der Waals surface area contributed by atoms with Crippen LogP contribution < -0.4 is 10.6 Å². The minimum Gasteiger partial charge on any atom is -0.460 e. The zero-order chi connectivity index (χ0) is 25.2. The first-order valence-corrected chi connectivity index (χ1v) is 10.9. The lowest BCUT2D eigenvalue weighted by Gasteiger charge is -2.26. The quantitative estimate of drug-likeness (QED) is 0.425. The van der Waals surface area contributed by atoms with Crippen LogP contribution in [0.15, 0.2) is 30.3 Å². The third-order valence-electron chi connectivity index (χ3n) is 4.01. The molecule has 0 spiro atoms. The highest BCUT2D eigenvalue weighted by atomic mass is 16.6.